The van der Waals surface area contributed by atoms with E-state index in [1.54, 1.807) is 18.5 Å². The average Bonchev–Trinajstić information content (AvgIpc) is 2.30. The third-order valence-electron chi connectivity index (χ3n) is 1.31. The van der Waals surface area contributed by atoms with Crippen molar-refractivity contribution in [2.24, 2.45) is 5.73 Å². The molecule has 0 unspecified atom stereocenters. The van der Waals surface area contributed by atoms with Gasteiger partial charge in [0, 0.05) is 19.4 Å². The number of imide groups is 1. The zero-order chi connectivity index (χ0) is 11.7. The van der Waals surface area contributed by atoms with Gasteiger partial charge in [-0.3, -0.25) is 9.69 Å². The molecule has 80 valence electrons. The molecule has 0 bridgehead atoms. The third-order valence-corrected chi connectivity index (χ3v) is 1.31. The number of hydrogen-bond donors (Lipinski definition) is 1. The number of primary amides is 1. The van der Waals surface area contributed by atoms with Crippen LogP contribution in [-0.2, 0) is 4.79 Å². The predicted octanol–water partition coefficient (Wildman–Crippen LogP) is 0.186. The number of amides is 3. The highest BCUT2D eigenvalue weighted by molar-refractivity contribution is 5.99. The molecule has 0 aliphatic rings. The SMILES string of the molecule is C=CC(=O)N(C)C(N)=O.c1cncnc1. The summed E-state index contributed by atoms with van der Waals surface area (Å²) in [6, 6.07) is 1.000. The highest BCUT2D eigenvalue weighted by Gasteiger charge is 2.07. The fourth-order valence-electron chi connectivity index (χ4n) is 0.499. The highest BCUT2D eigenvalue weighted by Crippen LogP contribution is 1.82. The lowest BCUT2D eigenvalue weighted by atomic mass is 10.5. The van der Waals surface area contributed by atoms with Crippen LogP contribution in [0, 0.1) is 0 Å². The molecule has 0 radical (unpaired) electrons. The molecule has 6 heteroatoms. The van der Waals surface area contributed by atoms with E-state index >= 15 is 0 Å². The molecular weight excluding hydrogens is 196 g/mol. The summed E-state index contributed by atoms with van der Waals surface area (Å²) in [5.74, 6) is -0.498. The quantitative estimate of drug-likeness (QED) is 0.667. The lowest BCUT2D eigenvalue weighted by Crippen LogP contribution is -2.35. The van der Waals surface area contributed by atoms with Gasteiger partial charge < -0.3 is 5.73 Å². The van der Waals surface area contributed by atoms with Crippen LogP contribution < -0.4 is 5.73 Å². The molecule has 0 fully saturated rings. The Labute approximate surface area is 87.4 Å². The molecule has 1 rings (SSSR count). The van der Waals surface area contributed by atoms with Crippen molar-refractivity contribution in [2.45, 2.75) is 0 Å². The average molecular weight is 208 g/mol. The van der Waals surface area contributed by atoms with Crippen LogP contribution in [0.15, 0.2) is 37.4 Å². The minimum absolute atomic E-state index is 0.498. The lowest BCUT2D eigenvalue weighted by molar-refractivity contribution is -0.122. The number of carbonyl (C=O) groups excluding carboxylic acids is 2. The summed E-state index contributed by atoms with van der Waals surface area (Å²) >= 11 is 0. The van der Waals surface area contributed by atoms with Gasteiger partial charge in [0.1, 0.15) is 6.33 Å². The Hall–Kier alpha value is -2.24. The van der Waals surface area contributed by atoms with Crippen molar-refractivity contribution >= 4 is 11.9 Å². The van der Waals surface area contributed by atoms with Gasteiger partial charge in [-0.2, -0.15) is 0 Å². The number of rotatable bonds is 1. The van der Waals surface area contributed by atoms with Crippen LogP contribution in [0.4, 0.5) is 4.79 Å². The molecule has 1 aromatic heterocycles. The van der Waals surface area contributed by atoms with Gasteiger partial charge in [0.2, 0.25) is 0 Å². The van der Waals surface area contributed by atoms with Gasteiger partial charge in [-0.1, -0.05) is 6.58 Å². The third kappa shape index (κ3) is 5.92. The van der Waals surface area contributed by atoms with Gasteiger partial charge in [0.25, 0.3) is 5.91 Å². The first kappa shape index (κ1) is 12.8. The van der Waals surface area contributed by atoms with E-state index in [-0.39, 0.29) is 0 Å². The fourth-order valence-corrected chi connectivity index (χ4v) is 0.499. The predicted molar refractivity (Wildman–Crippen MR) is 54.6 cm³/mol. The van der Waals surface area contributed by atoms with Crippen molar-refractivity contribution in [1.29, 1.82) is 0 Å². The summed E-state index contributed by atoms with van der Waals surface area (Å²) in [6.07, 6.45) is 5.89. The van der Waals surface area contributed by atoms with E-state index in [9.17, 15) is 9.59 Å². The van der Waals surface area contributed by atoms with Crippen molar-refractivity contribution in [1.82, 2.24) is 14.9 Å². The zero-order valence-corrected chi connectivity index (χ0v) is 8.33. The summed E-state index contributed by atoms with van der Waals surface area (Å²) in [7, 11) is 1.28. The van der Waals surface area contributed by atoms with E-state index in [4.69, 9.17) is 5.73 Å². The van der Waals surface area contributed by atoms with E-state index in [2.05, 4.69) is 16.5 Å². The maximum Gasteiger partial charge on any atom is 0.321 e. The standard InChI is InChI=1S/C5H8N2O2.C4H4N2/c1-3-4(8)7(2)5(6)9;1-2-5-4-6-3-1/h3H,1H2,2H3,(H2,6,9);1-4H. The number of urea groups is 1. The normalized spacial score (nSPS) is 8.07. The van der Waals surface area contributed by atoms with Crippen LogP contribution in [0.3, 0.4) is 0 Å². The minimum Gasteiger partial charge on any atom is -0.351 e. The van der Waals surface area contributed by atoms with Crippen molar-refractivity contribution in [3.05, 3.63) is 37.4 Å². The van der Waals surface area contributed by atoms with Crippen LogP contribution >= 0.6 is 0 Å². The molecule has 6 nitrogen and oxygen atoms in total. The number of carbonyl (C=O) groups is 2. The van der Waals surface area contributed by atoms with E-state index in [0.717, 1.165) is 11.0 Å². The van der Waals surface area contributed by atoms with Crippen LogP contribution in [0.2, 0.25) is 0 Å². The van der Waals surface area contributed by atoms with Crippen LogP contribution in [0.25, 0.3) is 0 Å². The second kappa shape index (κ2) is 7.19. The maximum absolute atomic E-state index is 10.5. The van der Waals surface area contributed by atoms with Crippen molar-refractivity contribution in [2.75, 3.05) is 7.05 Å². The van der Waals surface area contributed by atoms with Crippen LogP contribution in [-0.4, -0.2) is 33.9 Å². The zero-order valence-electron chi connectivity index (χ0n) is 8.33. The summed E-state index contributed by atoms with van der Waals surface area (Å²) in [4.78, 5) is 28.8. The van der Waals surface area contributed by atoms with Crippen molar-refractivity contribution in [3.8, 4) is 0 Å². The van der Waals surface area contributed by atoms with E-state index in [1.807, 2.05) is 0 Å². The molecule has 0 spiro atoms. The second-order valence-electron chi connectivity index (χ2n) is 2.34. The number of aromatic nitrogens is 2. The maximum atomic E-state index is 10.5. The Morgan fingerprint density at radius 1 is 1.40 bits per heavy atom. The molecule has 0 atom stereocenters. The van der Waals surface area contributed by atoms with Gasteiger partial charge in [-0.05, 0) is 12.1 Å². The van der Waals surface area contributed by atoms with Gasteiger partial charge >= 0.3 is 6.03 Å². The number of hydrogen-bond acceptors (Lipinski definition) is 4. The Balaban J connectivity index is 0.000000280. The molecule has 3 amide bonds. The molecule has 0 saturated heterocycles. The Bertz CT molecular complexity index is 299. The molecule has 1 heterocycles. The highest BCUT2D eigenvalue weighted by atomic mass is 16.2. The molecular formula is C9H12N4O2. The molecule has 0 aliphatic carbocycles. The number of nitrogens with zero attached hydrogens (tertiary/aromatic N) is 3. The molecule has 0 saturated carbocycles. The van der Waals surface area contributed by atoms with Gasteiger partial charge in [0.05, 0.1) is 0 Å². The largest absolute Gasteiger partial charge is 0.351 e. The topological polar surface area (TPSA) is 89.2 Å². The van der Waals surface area contributed by atoms with E-state index < -0.39 is 11.9 Å². The smallest absolute Gasteiger partial charge is 0.321 e. The van der Waals surface area contributed by atoms with Crippen molar-refractivity contribution < 1.29 is 9.59 Å². The van der Waals surface area contributed by atoms with Gasteiger partial charge in [0.15, 0.2) is 0 Å². The van der Waals surface area contributed by atoms with E-state index in [0.29, 0.717) is 0 Å². The molecule has 15 heavy (non-hydrogen) atoms. The first-order chi connectivity index (χ1) is 7.09. The Morgan fingerprint density at radius 2 is 1.93 bits per heavy atom. The summed E-state index contributed by atoms with van der Waals surface area (Å²) in [5, 5.41) is 0. The monoisotopic (exact) mass is 208 g/mol. The minimum atomic E-state index is -0.778. The first-order valence-corrected chi connectivity index (χ1v) is 3.99. The molecule has 1 aromatic rings. The summed E-state index contributed by atoms with van der Waals surface area (Å²) in [5.41, 5.74) is 4.73. The Kier molecular flexibility index (Phi) is 6.12. The molecule has 0 aromatic carbocycles. The Morgan fingerprint density at radius 3 is 2.07 bits per heavy atom. The van der Waals surface area contributed by atoms with Gasteiger partial charge in [-0.25, -0.2) is 14.8 Å². The van der Waals surface area contributed by atoms with E-state index in [1.165, 1.54) is 13.4 Å². The fraction of sp³-hybridized carbons (Fsp3) is 0.111. The number of nitrogens with two attached hydrogens (primary N) is 1. The van der Waals surface area contributed by atoms with Crippen molar-refractivity contribution in [3.63, 3.8) is 0 Å². The van der Waals surface area contributed by atoms with Gasteiger partial charge in [-0.15, -0.1) is 0 Å². The first-order valence-electron chi connectivity index (χ1n) is 3.99. The van der Waals surface area contributed by atoms with Crippen LogP contribution in [0.1, 0.15) is 0 Å². The summed E-state index contributed by atoms with van der Waals surface area (Å²) < 4.78 is 0. The number of likely N-dealkylation sites (N-methyl/N-ethyl adjacent to an activating group) is 1. The van der Waals surface area contributed by atoms with Crippen LogP contribution in [0.5, 0.6) is 0 Å². The molecule has 2 N–H and O–H groups in total. The molecule has 0 aliphatic heterocycles. The second-order valence-corrected chi connectivity index (χ2v) is 2.34. The lowest BCUT2D eigenvalue weighted by Gasteiger charge is -2.07. The summed E-state index contributed by atoms with van der Waals surface area (Å²) in [6.45, 7) is 3.17.